The minimum absolute atomic E-state index is 0.000831. The Morgan fingerprint density at radius 3 is 2.56 bits per heavy atom. The van der Waals surface area contributed by atoms with Gasteiger partial charge in [0.1, 0.15) is 0 Å². The van der Waals surface area contributed by atoms with Gasteiger partial charge in [-0.3, -0.25) is 9.10 Å². The molecular formula is C27H36N4O4S. The second kappa shape index (κ2) is 10.6. The van der Waals surface area contributed by atoms with E-state index in [9.17, 15) is 18.3 Å². The van der Waals surface area contributed by atoms with Gasteiger partial charge in [-0.2, -0.15) is 0 Å². The van der Waals surface area contributed by atoms with E-state index in [0.29, 0.717) is 30.8 Å². The Hall–Kier alpha value is -2.88. The minimum Gasteiger partial charge on any atom is -0.390 e. The number of nitrogens with one attached hydrogen (secondary N) is 2. The van der Waals surface area contributed by atoms with Crippen LogP contribution in [0.3, 0.4) is 0 Å². The average molecular weight is 513 g/mol. The van der Waals surface area contributed by atoms with Crippen molar-refractivity contribution < 1.29 is 18.3 Å². The number of carbonyl (C=O) groups is 1. The van der Waals surface area contributed by atoms with Gasteiger partial charge in [-0.1, -0.05) is 51.1 Å². The second-order valence-corrected chi connectivity index (χ2v) is 11.9. The van der Waals surface area contributed by atoms with Crippen LogP contribution in [0.2, 0.25) is 0 Å². The summed E-state index contributed by atoms with van der Waals surface area (Å²) in [5.74, 6) is -0.344. The molecule has 0 unspecified atom stereocenters. The van der Waals surface area contributed by atoms with Gasteiger partial charge in [-0.15, -0.1) is 0 Å². The SMILES string of the molecule is CCc1cn2c3c(cc(C(=O)N[C@@H](Cc4ccccc4)[C@H](O)CNC(C)C)cc13)N(C)S(=O)(=O)CC2. The molecule has 0 spiro atoms. The summed E-state index contributed by atoms with van der Waals surface area (Å²) < 4.78 is 28.9. The predicted molar refractivity (Wildman–Crippen MR) is 144 cm³/mol. The van der Waals surface area contributed by atoms with Gasteiger partial charge in [0.2, 0.25) is 10.0 Å². The molecule has 2 aromatic carbocycles. The number of hydrogen-bond donors (Lipinski definition) is 3. The standard InChI is InChI=1S/C27H36N4O4S/c1-5-20-17-31-11-12-36(34,35)30(4)24-15-21(14-22(20)26(24)31)27(33)29-23(25(32)16-28-18(2)3)13-19-9-7-6-8-10-19/h6-10,14-15,17-18,23,25,28,32H,5,11-13,16H2,1-4H3,(H,29,33)/t23-,25+/m0/s1. The van der Waals surface area contributed by atoms with Crippen molar-refractivity contribution in [2.45, 2.75) is 58.3 Å². The largest absolute Gasteiger partial charge is 0.390 e. The molecule has 3 aromatic rings. The minimum atomic E-state index is -3.50. The van der Waals surface area contributed by atoms with Gasteiger partial charge in [0.15, 0.2) is 0 Å². The molecule has 0 aliphatic carbocycles. The van der Waals surface area contributed by atoms with Crippen molar-refractivity contribution in [2.24, 2.45) is 0 Å². The highest BCUT2D eigenvalue weighted by atomic mass is 32.2. The quantitative estimate of drug-likeness (QED) is 0.409. The van der Waals surface area contributed by atoms with Crippen LogP contribution in [0, 0.1) is 0 Å². The zero-order chi connectivity index (χ0) is 26.0. The van der Waals surface area contributed by atoms with Gasteiger partial charge < -0.3 is 20.3 Å². The average Bonchev–Trinajstić information content (AvgIpc) is 3.18. The molecule has 1 aliphatic heterocycles. The van der Waals surface area contributed by atoms with E-state index in [4.69, 9.17) is 0 Å². The topological polar surface area (TPSA) is 104 Å². The molecule has 0 bridgehead atoms. The van der Waals surface area contributed by atoms with Crippen LogP contribution in [0.4, 0.5) is 5.69 Å². The number of sulfonamides is 1. The summed E-state index contributed by atoms with van der Waals surface area (Å²) in [7, 11) is -1.96. The summed E-state index contributed by atoms with van der Waals surface area (Å²) in [4.78, 5) is 13.6. The van der Waals surface area contributed by atoms with Gasteiger partial charge in [0.05, 0.1) is 29.1 Å². The molecule has 9 heteroatoms. The van der Waals surface area contributed by atoms with Gasteiger partial charge in [0.25, 0.3) is 5.91 Å². The van der Waals surface area contributed by atoms with Crippen LogP contribution in [0.15, 0.2) is 48.7 Å². The van der Waals surface area contributed by atoms with Crippen molar-refractivity contribution in [1.82, 2.24) is 15.2 Å². The van der Waals surface area contributed by atoms with E-state index in [-0.39, 0.29) is 17.7 Å². The Labute approximate surface area is 213 Å². The first-order valence-electron chi connectivity index (χ1n) is 12.5. The molecule has 0 saturated carbocycles. The lowest BCUT2D eigenvalue weighted by atomic mass is 9.99. The van der Waals surface area contributed by atoms with Crippen molar-refractivity contribution in [3.63, 3.8) is 0 Å². The second-order valence-electron chi connectivity index (χ2n) is 9.78. The zero-order valence-corrected chi connectivity index (χ0v) is 22.2. The molecule has 0 fully saturated rings. The highest BCUT2D eigenvalue weighted by Gasteiger charge is 2.29. The maximum atomic E-state index is 13.6. The first-order chi connectivity index (χ1) is 17.1. The maximum absolute atomic E-state index is 13.6. The molecule has 2 heterocycles. The Kier molecular flexibility index (Phi) is 7.73. The van der Waals surface area contributed by atoms with Crippen LogP contribution >= 0.6 is 0 Å². The molecule has 36 heavy (non-hydrogen) atoms. The number of benzene rings is 2. The number of amides is 1. The van der Waals surface area contributed by atoms with Crippen LogP contribution in [-0.2, 0) is 29.4 Å². The summed E-state index contributed by atoms with van der Waals surface area (Å²) in [5, 5.41) is 18.1. The van der Waals surface area contributed by atoms with Crippen molar-refractivity contribution in [1.29, 1.82) is 0 Å². The highest BCUT2D eigenvalue weighted by molar-refractivity contribution is 7.92. The van der Waals surface area contributed by atoms with E-state index < -0.39 is 22.2 Å². The fourth-order valence-corrected chi connectivity index (χ4v) is 5.86. The lowest BCUT2D eigenvalue weighted by Crippen LogP contribution is -2.49. The third-order valence-corrected chi connectivity index (χ3v) is 8.57. The van der Waals surface area contributed by atoms with E-state index in [0.717, 1.165) is 28.5 Å². The Balaban J connectivity index is 1.70. The van der Waals surface area contributed by atoms with E-state index in [1.54, 1.807) is 13.1 Å². The molecule has 1 amide bonds. The Morgan fingerprint density at radius 2 is 1.89 bits per heavy atom. The first-order valence-corrected chi connectivity index (χ1v) is 14.1. The number of hydrogen-bond acceptors (Lipinski definition) is 5. The Bertz CT molecular complexity index is 1330. The van der Waals surface area contributed by atoms with E-state index >= 15 is 0 Å². The molecule has 0 radical (unpaired) electrons. The smallest absolute Gasteiger partial charge is 0.251 e. The first kappa shape index (κ1) is 26.2. The maximum Gasteiger partial charge on any atom is 0.251 e. The third-order valence-electron chi connectivity index (χ3n) is 6.84. The van der Waals surface area contributed by atoms with Gasteiger partial charge in [-0.25, -0.2) is 8.42 Å². The molecule has 0 saturated heterocycles. The van der Waals surface area contributed by atoms with Crippen molar-refractivity contribution in [3.8, 4) is 0 Å². The lowest BCUT2D eigenvalue weighted by Gasteiger charge is -2.26. The van der Waals surface area contributed by atoms with Crippen molar-refractivity contribution in [2.75, 3.05) is 23.7 Å². The molecule has 1 aliphatic rings. The van der Waals surface area contributed by atoms with Crippen LogP contribution in [0.25, 0.3) is 10.9 Å². The number of anilines is 1. The van der Waals surface area contributed by atoms with Crippen LogP contribution in [0.1, 0.15) is 42.3 Å². The summed E-state index contributed by atoms with van der Waals surface area (Å²) in [6.07, 6.45) is 2.41. The molecule has 4 rings (SSSR count). The number of aliphatic hydroxyl groups is 1. The van der Waals surface area contributed by atoms with Crippen molar-refractivity contribution in [3.05, 3.63) is 65.4 Å². The molecular weight excluding hydrogens is 476 g/mol. The van der Waals surface area contributed by atoms with Crippen LogP contribution in [-0.4, -0.2) is 61.5 Å². The third kappa shape index (κ3) is 5.43. The monoisotopic (exact) mass is 512 g/mol. The summed E-state index contributed by atoms with van der Waals surface area (Å²) in [5.41, 5.74) is 3.77. The number of carbonyl (C=O) groups excluding carboxylic acids is 1. The van der Waals surface area contributed by atoms with Gasteiger partial charge >= 0.3 is 0 Å². The highest BCUT2D eigenvalue weighted by Crippen LogP contribution is 2.35. The van der Waals surface area contributed by atoms with Crippen molar-refractivity contribution >= 4 is 32.5 Å². The fourth-order valence-electron chi connectivity index (χ4n) is 4.72. The van der Waals surface area contributed by atoms with E-state index in [2.05, 4.69) is 10.6 Å². The summed E-state index contributed by atoms with van der Waals surface area (Å²) >= 11 is 0. The summed E-state index contributed by atoms with van der Waals surface area (Å²) in [6, 6.07) is 12.9. The van der Waals surface area contributed by atoms with Gasteiger partial charge in [-0.05, 0) is 36.1 Å². The lowest BCUT2D eigenvalue weighted by molar-refractivity contribution is 0.0827. The Morgan fingerprint density at radius 1 is 1.17 bits per heavy atom. The predicted octanol–water partition coefficient (Wildman–Crippen LogP) is 2.68. The van der Waals surface area contributed by atoms with E-state index in [1.807, 2.05) is 67.9 Å². The van der Waals surface area contributed by atoms with Gasteiger partial charge in [0, 0.05) is 43.3 Å². The number of aryl methyl sites for hydroxylation is 2. The number of aliphatic hydroxyl groups excluding tert-OH is 1. The number of aromatic nitrogens is 1. The number of nitrogens with zero attached hydrogens (tertiary/aromatic N) is 2. The van der Waals surface area contributed by atoms with E-state index in [1.165, 1.54) is 4.31 Å². The molecule has 8 nitrogen and oxygen atoms in total. The van der Waals surface area contributed by atoms with Crippen LogP contribution < -0.4 is 14.9 Å². The molecule has 3 N–H and O–H groups in total. The molecule has 1 aromatic heterocycles. The zero-order valence-electron chi connectivity index (χ0n) is 21.4. The van der Waals surface area contributed by atoms with Crippen LogP contribution in [0.5, 0.6) is 0 Å². The molecule has 194 valence electrons. The normalized spacial score (nSPS) is 16.7. The molecule has 2 atom stereocenters. The summed E-state index contributed by atoms with van der Waals surface area (Å²) in [6.45, 7) is 6.76. The number of rotatable bonds is 9. The fraction of sp³-hybridized carbons (Fsp3) is 0.444.